The summed E-state index contributed by atoms with van der Waals surface area (Å²) in [7, 11) is 0. The molecule has 3 N–H and O–H groups in total. The van der Waals surface area contributed by atoms with Gasteiger partial charge in [-0.25, -0.2) is 0 Å². The first-order chi connectivity index (χ1) is 31.0. The predicted molar refractivity (Wildman–Crippen MR) is 273 cm³/mol. The van der Waals surface area contributed by atoms with Gasteiger partial charge in [-0.2, -0.15) is 0 Å². The molecule has 0 aromatic rings. The minimum absolute atomic E-state index is 0.00268. The van der Waals surface area contributed by atoms with Gasteiger partial charge < -0.3 is 20.3 Å². The molecule has 2 atom stereocenters. The first-order valence-electron chi connectivity index (χ1n) is 27.8. The van der Waals surface area contributed by atoms with Gasteiger partial charge in [0.1, 0.15) is 0 Å². The summed E-state index contributed by atoms with van der Waals surface area (Å²) < 4.78 is 5.47. The number of allylic oxidation sites excluding steroid dienone is 5. The molecule has 0 aliphatic heterocycles. The van der Waals surface area contributed by atoms with Crippen LogP contribution >= 0.6 is 0 Å². The van der Waals surface area contributed by atoms with Crippen LogP contribution in [-0.4, -0.2) is 47.4 Å². The third-order valence-corrected chi connectivity index (χ3v) is 12.7. The van der Waals surface area contributed by atoms with E-state index in [1.54, 1.807) is 6.08 Å². The third kappa shape index (κ3) is 49.4. The van der Waals surface area contributed by atoms with Gasteiger partial charge in [0.25, 0.3) is 0 Å². The topological polar surface area (TPSA) is 95.9 Å². The molecule has 0 aromatic heterocycles. The van der Waals surface area contributed by atoms with Crippen molar-refractivity contribution in [2.24, 2.45) is 0 Å². The minimum Gasteiger partial charge on any atom is -0.466 e. The number of nitrogens with one attached hydrogen (secondary N) is 1. The SMILES string of the molecule is CCCCCC/C=C\C/C=C\CCCCCCCC(=O)OCCCCCCCCCCCCCCCCCCCCCCCC(=O)NC(CO)C(O)/C=C/CCCCCCCCC. The molecule has 0 saturated heterocycles. The Bertz CT molecular complexity index is 1020. The van der Waals surface area contributed by atoms with Crippen molar-refractivity contribution in [2.75, 3.05) is 13.2 Å². The summed E-state index contributed by atoms with van der Waals surface area (Å²) in [6, 6.07) is -0.627. The molecule has 0 aliphatic rings. The number of amides is 1. The Labute approximate surface area is 392 Å². The van der Waals surface area contributed by atoms with Gasteiger partial charge >= 0.3 is 5.97 Å². The maximum atomic E-state index is 12.4. The normalized spacial score (nSPS) is 12.9. The van der Waals surface area contributed by atoms with Gasteiger partial charge in [-0.15, -0.1) is 0 Å². The number of carbonyl (C=O) groups excluding carboxylic acids is 2. The molecule has 2 unspecified atom stereocenters. The Morgan fingerprint density at radius 1 is 0.444 bits per heavy atom. The van der Waals surface area contributed by atoms with Crippen LogP contribution in [0.25, 0.3) is 0 Å². The Morgan fingerprint density at radius 3 is 1.22 bits per heavy atom. The molecule has 0 fully saturated rings. The first kappa shape index (κ1) is 61.1. The van der Waals surface area contributed by atoms with Crippen molar-refractivity contribution in [3.8, 4) is 0 Å². The largest absolute Gasteiger partial charge is 0.466 e. The van der Waals surface area contributed by atoms with Gasteiger partial charge in [0, 0.05) is 12.8 Å². The number of unbranched alkanes of at least 4 members (excludes halogenated alkanes) is 36. The number of esters is 1. The van der Waals surface area contributed by atoms with Crippen molar-refractivity contribution in [1.29, 1.82) is 0 Å². The molecule has 0 spiro atoms. The summed E-state index contributed by atoms with van der Waals surface area (Å²) in [6.45, 7) is 4.85. The van der Waals surface area contributed by atoms with E-state index >= 15 is 0 Å². The van der Waals surface area contributed by atoms with Gasteiger partial charge in [-0.1, -0.05) is 249 Å². The van der Waals surface area contributed by atoms with Crippen LogP contribution < -0.4 is 5.32 Å². The lowest BCUT2D eigenvalue weighted by Crippen LogP contribution is -2.45. The second-order valence-electron chi connectivity index (χ2n) is 18.9. The van der Waals surface area contributed by atoms with E-state index in [0.717, 1.165) is 51.4 Å². The van der Waals surface area contributed by atoms with Gasteiger partial charge in [0.15, 0.2) is 0 Å². The number of hydrogen-bond donors (Lipinski definition) is 3. The average Bonchev–Trinajstić information content (AvgIpc) is 3.28. The minimum atomic E-state index is -0.843. The molecule has 6 nitrogen and oxygen atoms in total. The summed E-state index contributed by atoms with van der Waals surface area (Å²) in [4.78, 5) is 24.4. The van der Waals surface area contributed by atoms with Crippen LogP contribution in [0.5, 0.6) is 0 Å². The van der Waals surface area contributed by atoms with Gasteiger partial charge in [-0.05, 0) is 64.2 Å². The van der Waals surface area contributed by atoms with Gasteiger partial charge in [0.05, 0.1) is 25.4 Å². The van der Waals surface area contributed by atoms with Crippen LogP contribution in [-0.2, 0) is 14.3 Å². The fraction of sp³-hybridized carbons (Fsp3) is 0.860. The average molecular weight is 886 g/mol. The van der Waals surface area contributed by atoms with Gasteiger partial charge in [0.2, 0.25) is 5.91 Å². The first-order valence-corrected chi connectivity index (χ1v) is 27.8. The molecule has 370 valence electrons. The molecule has 1 amide bonds. The van der Waals surface area contributed by atoms with Crippen molar-refractivity contribution in [2.45, 2.75) is 302 Å². The predicted octanol–water partition coefficient (Wildman–Crippen LogP) is 16.9. The second kappa shape index (κ2) is 52.7. The number of hydrogen-bond acceptors (Lipinski definition) is 5. The number of carbonyl (C=O) groups is 2. The molecular formula is C57H107NO5. The van der Waals surface area contributed by atoms with Crippen LogP contribution in [0.15, 0.2) is 36.5 Å². The summed E-state index contributed by atoms with van der Waals surface area (Å²) >= 11 is 0. The van der Waals surface area contributed by atoms with Crippen molar-refractivity contribution < 1.29 is 24.5 Å². The highest BCUT2D eigenvalue weighted by atomic mass is 16.5. The summed E-state index contributed by atoms with van der Waals surface area (Å²) in [5.74, 6) is -0.0749. The quantitative estimate of drug-likeness (QED) is 0.0321. The zero-order chi connectivity index (χ0) is 45.8. The molecule has 0 aromatic carbocycles. The summed E-state index contributed by atoms with van der Waals surface area (Å²) in [5.41, 5.74) is 0. The zero-order valence-electron chi connectivity index (χ0n) is 42.1. The fourth-order valence-corrected chi connectivity index (χ4v) is 8.37. The zero-order valence-corrected chi connectivity index (χ0v) is 42.1. The molecule has 0 heterocycles. The monoisotopic (exact) mass is 886 g/mol. The van der Waals surface area contributed by atoms with Crippen molar-refractivity contribution in [1.82, 2.24) is 5.32 Å². The molecule has 0 radical (unpaired) electrons. The molecule has 0 bridgehead atoms. The highest BCUT2D eigenvalue weighted by molar-refractivity contribution is 5.76. The van der Waals surface area contributed by atoms with E-state index in [0.29, 0.717) is 19.4 Å². The van der Waals surface area contributed by atoms with Crippen LogP contribution in [0, 0.1) is 0 Å². The van der Waals surface area contributed by atoms with Crippen molar-refractivity contribution in [3.63, 3.8) is 0 Å². The molecule has 63 heavy (non-hydrogen) atoms. The van der Waals surface area contributed by atoms with Crippen molar-refractivity contribution >= 4 is 11.9 Å². The van der Waals surface area contributed by atoms with Crippen LogP contribution in [0.1, 0.15) is 290 Å². The summed E-state index contributed by atoms with van der Waals surface area (Å²) in [6.07, 6.45) is 64.5. The lowest BCUT2D eigenvalue weighted by Gasteiger charge is -2.20. The van der Waals surface area contributed by atoms with E-state index in [-0.39, 0.29) is 18.5 Å². The Hall–Kier alpha value is -1.92. The standard InChI is InChI=1S/C57H107NO5/c1-3-5-7-9-11-13-14-15-16-25-28-31-35-39-43-47-51-57(62)63-52-48-44-40-36-32-29-26-23-21-19-17-18-20-22-24-27-30-34-38-42-46-50-56(61)58-54(53-59)55(60)49-45-41-37-33-12-10-8-6-4-2/h13-14,16,25,45,49,54-55,59-60H,3-12,15,17-24,26-44,46-48,50-53H2,1-2H3,(H,58,61)/b14-13-,25-16-,49-45+. The van der Waals surface area contributed by atoms with E-state index in [9.17, 15) is 19.8 Å². The smallest absolute Gasteiger partial charge is 0.305 e. The lowest BCUT2D eigenvalue weighted by atomic mass is 10.0. The lowest BCUT2D eigenvalue weighted by molar-refractivity contribution is -0.143. The fourth-order valence-electron chi connectivity index (χ4n) is 8.37. The number of rotatable bonds is 51. The Balaban J connectivity index is 3.38. The maximum Gasteiger partial charge on any atom is 0.305 e. The van der Waals surface area contributed by atoms with Gasteiger partial charge in [-0.3, -0.25) is 9.59 Å². The van der Waals surface area contributed by atoms with E-state index in [1.165, 1.54) is 212 Å². The molecule has 6 heteroatoms. The molecule has 0 aliphatic carbocycles. The van der Waals surface area contributed by atoms with E-state index in [2.05, 4.69) is 43.5 Å². The Morgan fingerprint density at radius 2 is 0.794 bits per heavy atom. The number of aliphatic hydroxyl groups is 2. The van der Waals surface area contributed by atoms with Crippen LogP contribution in [0.3, 0.4) is 0 Å². The van der Waals surface area contributed by atoms with Crippen LogP contribution in [0.2, 0.25) is 0 Å². The molecule has 0 rings (SSSR count). The number of ether oxygens (including phenoxy) is 1. The second-order valence-corrected chi connectivity index (χ2v) is 18.9. The molecule has 0 saturated carbocycles. The molecular weight excluding hydrogens is 779 g/mol. The highest BCUT2D eigenvalue weighted by Gasteiger charge is 2.18. The van der Waals surface area contributed by atoms with E-state index in [1.807, 2.05) is 6.08 Å². The number of aliphatic hydroxyl groups excluding tert-OH is 2. The van der Waals surface area contributed by atoms with Crippen LogP contribution in [0.4, 0.5) is 0 Å². The van der Waals surface area contributed by atoms with E-state index in [4.69, 9.17) is 4.74 Å². The third-order valence-electron chi connectivity index (χ3n) is 12.7. The maximum absolute atomic E-state index is 12.4. The highest BCUT2D eigenvalue weighted by Crippen LogP contribution is 2.16. The van der Waals surface area contributed by atoms with E-state index < -0.39 is 12.1 Å². The summed E-state index contributed by atoms with van der Waals surface area (Å²) in [5, 5.41) is 22.9. The Kier molecular flexibility index (Phi) is 51.1. The van der Waals surface area contributed by atoms with Crippen molar-refractivity contribution in [3.05, 3.63) is 36.5 Å².